The maximum absolute atomic E-state index is 13.1. The summed E-state index contributed by atoms with van der Waals surface area (Å²) in [6, 6.07) is 6.66. The van der Waals surface area contributed by atoms with Crippen molar-refractivity contribution in [3.05, 3.63) is 34.9 Å². The highest BCUT2D eigenvalue weighted by molar-refractivity contribution is 6.30. The zero-order valence-corrected chi connectivity index (χ0v) is 10.3. The van der Waals surface area contributed by atoms with Crippen LogP contribution < -0.4 is 5.73 Å². The van der Waals surface area contributed by atoms with Gasteiger partial charge in [0.15, 0.2) is 0 Å². The third-order valence-corrected chi connectivity index (χ3v) is 3.80. The Balaban J connectivity index is 2.16. The number of aliphatic hydroxyl groups is 1. The van der Waals surface area contributed by atoms with Crippen LogP contribution in [0.4, 0.5) is 4.39 Å². The molecule has 1 aliphatic carbocycles. The summed E-state index contributed by atoms with van der Waals surface area (Å²) in [6.45, 7) is 0. The van der Waals surface area contributed by atoms with E-state index in [2.05, 4.69) is 0 Å². The lowest BCUT2D eigenvalue weighted by Crippen LogP contribution is -2.44. The quantitative estimate of drug-likeness (QED) is 0.856. The molecule has 4 heteroatoms. The fourth-order valence-corrected chi connectivity index (χ4v) is 2.60. The highest BCUT2D eigenvalue weighted by Gasteiger charge is 2.39. The molecule has 1 aliphatic rings. The largest absolute Gasteiger partial charge is 0.388 e. The molecule has 2 nitrogen and oxygen atoms in total. The van der Waals surface area contributed by atoms with Crippen LogP contribution >= 0.6 is 11.6 Å². The fourth-order valence-electron chi connectivity index (χ4n) is 2.40. The molecule has 0 bridgehead atoms. The summed E-state index contributed by atoms with van der Waals surface area (Å²) in [4.78, 5) is 0. The van der Waals surface area contributed by atoms with Crippen molar-refractivity contribution in [2.75, 3.05) is 0 Å². The Morgan fingerprint density at radius 1 is 1.41 bits per heavy atom. The molecule has 0 radical (unpaired) electrons. The molecular formula is C13H17ClFNO. The van der Waals surface area contributed by atoms with Crippen molar-refractivity contribution in [1.29, 1.82) is 0 Å². The second-order valence-corrected chi connectivity index (χ2v) is 5.25. The lowest BCUT2D eigenvalue weighted by Gasteiger charge is -2.38. The molecule has 0 heterocycles. The molecule has 1 aromatic rings. The van der Waals surface area contributed by atoms with E-state index in [1.807, 2.05) is 12.1 Å². The van der Waals surface area contributed by atoms with Crippen LogP contribution in [0.2, 0.25) is 5.02 Å². The van der Waals surface area contributed by atoms with E-state index in [0.717, 1.165) is 5.56 Å². The Hall–Kier alpha value is -0.640. The Morgan fingerprint density at radius 2 is 2.06 bits per heavy atom. The molecule has 0 saturated heterocycles. The van der Waals surface area contributed by atoms with Crippen LogP contribution in [0.15, 0.2) is 24.3 Å². The number of hydrogen-bond donors (Lipinski definition) is 2. The molecule has 17 heavy (non-hydrogen) atoms. The highest BCUT2D eigenvalue weighted by atomic mass is 35.5. The Morgan fingerprint density at radius 3 is 2.65 bits per heavy atom. The van der Waals surface area contributed by atoms with Crippen LogP contribution in [0.25, 0.3) is 0 Å². The van der Waals surface area contributed by atoms with Gasteiger partial charge < -0.3 is 10.8 Å². The van der Waals surface area contributed by atoms with E-state index < -0.39 is 17.8 Å². The third kappa shape index (κ3) is 2.79. The van der Waals surface area contributed by atoms with Crippen LogP contribution in [0.5, 0.6) is 0 Å². The van der Waals surface area contributed by atoms with E-state index in [4.69, 9.17) is 17.3 Å². The molecule has 0 aliphatic heterocycles. The zero-order chi connectivity index (χ0) is 12.5. The van der Waals surface area contributed by atoms with Crippen LogP contribution in [0.3, 0.4) is 0 Å². The van der Waals surface area contributed by atoms with Crippen molar-refractivity contribution >= 4 is 11.6 Å². The Kier molecular flexibility index (Phi) is 3.71. The number of nitrogens with two attached hydrogens (primary N) is 1. The number of hydrogen-bond acceptors (Lipinski definition) is 2. The summed E-state index contributed by atoms with van der Waals surface area (Å²) in [5.74, 6) is 0. The normalized spacial score (nSPS) is 31.2. The summed E-state index contributed by atoms with van der Waals surface area (Å²) < 4.78 is 13.1. The number of benzene rings is 1. The SMILES string of the molecule is NC(c1cccc(Cl)c1)C1(O)CCC(F)CC1. The molecule has 1 saturated carbocycles. The van der Waals surface area contributed by atoms with Crippen LogP contribution in [-0.2, 0) is 0 Å². The first-order valence-electron chi connectivity index (χ1n) is 5.89. The summed E-state index contributed by atoms with van der Waals surface area (Å²) in [5, 5.41) is 11.1. The van der Waals surface area contributed by atoms with Gasteiger partial charge in [-0.1, -0.05) is 23.7 Å². The third-order valence-electron chi connectivity index (χ3n) is 3.57. The lowest BCUT2D eigenvalue weighted by atomic mass is 9.77. The van der Waals surface area contributed by atoms with Gasteiger partial charge in [-0.3, -0.25) is 0 Å². The average Bonchev–Trinajstić information content (AvgIpc) is 2.32. The predicted molar refractivity (Wildman–Crippen MR) is 66.7 cm³/mol. The Bertz CT molecular complexity index is 391. The first-order chi connectivity index (χ1) is 8.01. The second-order valence-electron chi connectivity index (χ2n) is 4.81. The van der Waals surface area contributed by atoms with Gasteiger partial charge in [0.2, 0.25) is 0 Å². The maximum Gasteiger partial charge on any atom is 0.100 e. The van der Waals surface area contributed by atoms with Crippen molar-refractivity contribution in [3.8, 4) is 0 Å². The summed E-state index contributed by atoms with van der Waals surface area (Å²) in [6.07, 6.45) is 0.765. The topological polar surface area (TPSA) is 46.2 Å². The standard InChI is InChI=1S/C13H17ClFNO/c14-10-3-1-2-9(8-10)12(16)13(17)6-4-11(15)5-7-13/h1-3,8,11-12,17H,4-7,16H2. The molecule has 2 rings (SSSR count). The van der Waals surface area contributed by atoms with E-state index in [0.29, 0.717) is 30.7 Å². The molecule has 0 aromatic heterocycles. The lowest BCUT2D eigenvalue weighted by molar-refractivity contribution is -0.0363. The minimum atomic E-state index is -1.01. The first-order valence-corrected chi connectivity index (χ1v) is 6.26. The van der Waals surface area contributed by atoms with Gasteiger partial charge >= 0.3 is 0 Å². The Labute approximate surface area is 106 Å². The minimum Gasteiger partial charge on any atom is -0.388 e. The van der Waals surface area contributed by atoms with Gasteiger partial charge in [0.25, 0.3) is 0 Å². The van der Waals surface area contributed by atoms with Crippen LogP contribution in [0, 0.1) is 0 Å². The summed E-state index contributed by atoms with van der Waals surface area (Å²) >= 11 is 5.90. The highest BCUT2D eigenvalue weighted by Crippen LogP contribution is 2.38. The van der Waals surface area contributed by atoms with Gasteiger partial charge in [-0.25, -0.2) is 4.39 Å². The molecule has 0 amide bonds. The molecule has 1 atom stereocenters. The summed E-state index contributed by atoms with van der Waals surface area (Å²) in [5.41, 5.74) is 5.88. The van der Waals surface area contributed by atoms with Crippen molar-refractivity contribution in [1.82, 2.24) is 0 Å². The molecule has 1 unspecified atom stereocenters. The van der Waals surface area contributed by atoms with Gasteiger partial charge in [-0.15, -0.1) is 0 Å². The molecule has 1 aromatic carbocycles. The van der Waals surface area contributed by atoms with Crippen molar-refractivity contribution in [3.63, 3.8) is 0 Å². The second kappa shape index (κ2) is 4.92. The molecule has 1 fully saturated rings. The number of rotatable bonds is 2. The van der Waals surface area contributed by atoms with Gasteiger partial charge in [0.1, 0.15) is 6.17 Å². The van der Waals surface area contributed by atoms with E-state index in [1.54, 1.807) is 12.1 Å². The molecule has 0 spiro atoms. The van der Waals surface area contributed by atoms with Gasteiger partial charge in [0.05, 0.1) is 11.6 Å². The van der Waals surface area contributed by atoms with E-state index in [9.17, 15) is 9.50 Å². The van der Waals surface area contributed by atoms with Crippen LogP contribution in [-0.4, -0.2) is 16.9 Å². The number of alkyl halides is 1. The van der Waals surface area contributed by atoms with Crippen molar-refractivity contribution in [2.24, 2.45) is 5.73 Å². The average molecular weight is 258 g/mol. The van der Waals surface area contributed by atoms with Gasteiger partial charge in [-0.2, -0.15) is 0 Å². The monoisotopic (exact) mass is 257 g/mol. The first kappa shape index (κ1) is 12.8. The molecular weight excluding hydrogens is 241 g/mol. The fraction of sp³-hybridized carbons (Fsp3) is 0.538. The van der Waals surface area contributed by atoms with Crippen molar-refractivity contribution in [2.45, 2.75) is 43.5 Å². The van der Waals surface area contributed by atoms with Gasteiger partial charge in [-0.05, 0) is 43.4 Å². The van der Waals surface area contributed by atoms with Crippen molar-refractivity contribution < 1.29 is 9.50 Å². The predicted octanol–water partition coefficient (Wildman–Crippen LogP) is 2.98. The van der Waals surface area contributed by atoms with E-state index >= 15 is 0 Å². The minimum absolute atomic E-state index is 0.380. The van der Waals surface area contributed by atoms with Crippen LogP contribution in [0.1, 0.15) is 37.3 Å². The smallest absolute Gasteiger partial charge is 0.100 e. The molecule has 3 N–H and O–H groups in total. The van der Waals surface area contributed by atoms with Gasteiger partial charge in [0, 0.05) is 5.02 Å². The zero-order valence-electron chi connectivity index (χ0n) is 9.57. The van der Waals surface area contributed by atoms with E-state index in [1.165, 1.54) is 0 Å². The molecule has 94 valence electrons. The maximum atomic E-state index is 13.1. The van der Waals surface area contributed by atoms with E-state index in [-0.39, 0.29) is 0 Å². The number of halogens is 2. The summed E-state index contributed by atoms with van der Waals surface area (Å²) in [7, 11) is 0.